The third kappa shape index (κ3) is 7.51. The number of carbonyl (C=O) groups excluding carboxylic acids is 1. The summed E-state index contributed by atoms with van der Waals surface area (Å²) in [6.45, 7) is 10.3. The van der Waals surface area contributed by atoms with Crippen LogP contribution in [0.4, 0.5) is 0 Å². The fraction of sp³-hybridized carbons (Fsp3) is 0.542. The molecule has 3 rings (SSSR count). The number of hydrogen-bond acceptors (Lipinski definition) is 5. The molecular weight excluding hydrogens is 412 g/mol. The number of nitrogens with one attached hydrogen (secondary N) is 1. The second-order valence-electron chi connectivity index (χ2n) is 9.10. The van der Waals surface area contributed by atoms with Crippen LogP contribution in [-0.4, -0.2) is 45.4 Å². The van der Waals surface area contributed by atoms with Gasteiger partial charge in [-0.2, -0.15) is 0 Å². The van der Waals surface area contributed by atoms with Crippen molar-refractivity contribution >= 4 is 15.7 Å². The van der Waals surface area contributed by atoms with Crippen LogP contribution in [-0.2, 0) is 21.3 Å². The SMILES string of the molecule is Cc1ccc(CS(=O)(=O)Cc2ccc(C(=O)NCCCN3C[C@H](C)C[C@H](C)C3)o2)cc1. The van der Waals surface area contributed by atoms with Crippen LogP contribution in [0.25, 0.3) is 0 Å². The van der Waals surface area contributed by atoms with Crippen LogP contribution in [0, 0.1) is 18.8 Å². The van der Waals surface area contributed by atoms with Gasteiger partial charge in [-0.05, 0) is 55.8 Å². The molecule has 1 aliphatic rings. The molecule has 0 unspecified atom stereocenters. The fourth-order valence-electron chi connectivity index (χ4n) is 4.35. The Morgan fingerprint density at radius 1 is 1.06 bits per heavy atom. The third-order valence-electron chi connectivity index (χ3n) is 5.64. The lowest BCUT2D eigenvalue weighted by Gasteiger charge is -2.34. The Morgan fingerprint density at radius 3 is 2.42 bits per heavy atom. The number of carbonyl (C=O) groups is 1. The number of hydrogen-bond donors (Lipinski definition) is 1. The maximum atomic E-state index is 12.5. The quantitative estimate of drug-likeness (QED) is 0.593. The summed E-state index contributed by atoms with van der Waals surface area (Å²) >= 11 is 0. The number of benzene rings is 1. The molecule has 7 heteroatoms. The van der Waals surface area contributed by atoms with E-state index in [0.29, 0.717) is 6.54 Å². The summed E-state index contributed by atoms with van der Waals surface area (Å²) in [7, 11) is -3.39. The molecule has 1 saturated heterocycles. The molecule has 0 radical (unpaired) electrons. The first kappa shape index (κ1) is 23.5. The van der Waals surface area contributed by atoms with Crippen molar-refractivity contribution in [2.24, 2.45) is 11.8 Å². The van der Waals surface area contributed by atoms with Gasteiger partial charge in [0.15, 0.2) is 15.6 Å². The van der Waals surface area contributed by atoms with Crippen molar-refractivity contribution < 1.29 is 17.6 Å². The first-order valence-electron chi connectivity index (χ1n) is 11.1. The number of rotatable bonds is 9. The van der Waals surface area contributed by atoms with Gasteiger partial charge >= 0.3 is 0 Å². The minimum absolute atomic E-state index is 0.0523. The fourth-order valence-corrected chi connectivity index (χ4v) is 5.74. The largest absolute Gasteiger partial charge is 0.455 e. The number of nitrogens with zero attached hydrogens (tertiary/aromatic N) is 1. The normalized spacial score (nSPS) is 20.0. The Bertz CT molecular complexity index is 956. The van der Waals surface area contributed by atoms with Crippen molar-refractivity contribution in [1.29, 1.82) is 0 Å². The molecule has 1 aromatic carbocycles. The molecule has 6 nitrogen and oxygen atoms in total. The smallest absolute Gasteiger partial charge is 0.286 e. The average Bonchev–Trinajstić information content (AvgIpc) is 3.14. The van der Waals surface area contributed by atoms with Gasteiger partial charge in [0.05, 0.1) is 5.75 Å². The first-order chi connectivity index (χ1) is 14.7. The highest BCUT2D eigenvalue weighted by molar-refractivity contribution is 7.89. The number of aryl methyl sites for hydroxylation is 1. The van der Waals surface area contributed by atoms with E-state index in [9.17, 15) is 13.2 Å². The topological polar surface area (TPSA) is 79.6 Å². The molecule has 1 aliphatic heterocycles. The molecule has 0 bridgehead atoms. The molecule has 2 heterocycles. The highest BCUT2D eigenvalue weighted by Crippen LogP contribution is 2.21. The highest BCUT2D eigenvalue weighted by Gasteiger charge is 2.21. The van der Waals surface area contributed by atoms with E-state index in [4.69, 9.17) is 4.42 Å². The zero-order valence-electron chi connectivity index (χ0n) is 18.8. The van der Waals surface area contributed by atoms with Gasteiger partial charge in [0.1, 0.15) is 11.5 Å². The monoisotopic (exact) mass is 446 g/mol. The Hall–Kier alpha value is -2.12. The summed E-state index contributed by atoms with van der Waals surface area (Å²) in [5, 5.41) is 2.87. The summed E-state index contributed by atoms with van der Waals surface area (Å²) in [6, 6.07) is 10.5. The van der Waals surface area contributed by atoms with Gasteiger partial charge in [0, 0.05) is 19.6 Å². The lowest BCUT2D eigenvalue weighted by atomic mass is 9.92. The molecule has 1 amide bonds. The minimum atomic E-state index is -3.39. The Kier molecular flexibility index (Phi) is 7.94. The number of piperidine rings is 1. The molecule has 0 spiro atoms. The number of furan rings is 1. The van der Waals surface area contributed by atoms with Crippen molar-refractivity contribution in [3.05, 3.63) is 59.0 Å². The molecule has 2 aromatic rings. The van der Waals surface area contributed by atoms with Crippen LogP contribution < -0.4 is 5.32 Å². The summed E-state index contributed by atoms with van der Waals surface area (Å²) in [6.07, 6.45) is 2.17. The van der Waals surface area contributed by atoms with Crippen molar-refractivity contribution in [3.8, 4) is 0 Å². The molecule has 1 fully saturated rings. The summed E-state index contributed by atoms with van der Waals surface area (Å²) in [4.78, 5) is 14.8. The van der Waals surface area contributed by atoms with Crippen molar-refractivity contribution in [3.63, 3.8) is 0 Å². The Morgan fingerprint density at radius 2 is 1.74 bits per heavy atom. The highest BCUT2D eigenvalue weighted by atomic mass is 32.2. The molecule has 31 heavy (non-hydrogen) atoms. The van der Waals surface area contributed by atoms with Crippen LogP contribution in [0.1, 0.15) is 54.1 Å². The van der Waals surface area contributed by atoms with Crippen molar-refractivity contribution in [2.45, 2.75) is 45.1 Å². The average molecular weight is 447 g/mol. The van der Waals surface area contributed by atoms with Crippen LogP contribution in [0.15, 0.2) is 40.8 Å². The minimum Gasteiger partial charge on any atom is -0.455 e. The van der Waals surface area contributed by atoms with Gasteiger partial charge in [-0.15, -0.1) is 0 Å². The Labute approximate surface area is 185 Å². The summed E-state index contributed by atoms with van der Waals surface area (Å²) < 4.78 is 30.5. The predicted octanol–water partition coefficient (Wildman–Crippen LogP) is 3.80. The van der Waals surface area contributed by atoms with Gasteiger partial charge in [-0.3, -0.25) is 4.79 Å². The predicted molar refractivity (Wildman–Crippen MR) is 123 cm³/mol. The molecule has 0 saturated carbocycles. The molecule has 1 N–H and O–H groups in total. The van der Waals surface area contributed by atoms with Crippen LogP contribution >= 0.6 is 0 Å². The van der Waals surface area contributed by atoms with Gasteiger partial charge in [-0.25, -0.2) is 8.42 Å². The van der Waals surface area contributed by atoms with E-state index in [1.54, 1.807) is 12.1 Å². The van der Waals surface area contributed by atoms with E-state index in [0.717, 1.165) is 49.0 Å². The van der Waals surface area contributed by atoms with Crippen molar-refractivity contribution in [1.82, 2.24) is 10.2 Å². The van der Waals surface area contributed by atoms with Crippen LogP contribution in [0.2, 0.25) is 0 Å². The van der Waals surface area contributed by atoms with Crippen molar-refractivity contribution in [2.75, 3.05) is 26.2 Å². The molecular formula is C24H34N2O4S. The van der Waals surface area contributed by atoms with E-state index >= 15 is 0 Å². The second-order valence-corrected chi connectivity index (χ2v) is 11.2. The number of sulfone groups is 1. The van der Waals surface area contributed by atoms with E-state index in [1.165, 1.54) is 6.42 Å². The van der Waals surface area contributed by atoms with Gasteiger partial charge in [0.25, 0.3) is 5.91 Å². The molecule has 2 atom stereocenters. The standard InChI is InChI=1S/C24H34N2O4S/c1-18-5-7-21(8-6-18)16-31(28,29)17-22-9-10-23(30-22)24(27)25-11-4-12-26-14-19(2)13-20(3)15-26/h5-10,19-20H,4,11-17H2,1-3H3,(H,25,27)/t19-,20+. The molecule has 1 aromatic heterocycles. The lowest BCUT2D eigenvalue weighted by molar-refractivity contribution is 0.0918. The van der Waals surface area contributed by atoms with E-state index in [-0.39, 0.29) is 28.9 Å². The number of likely N-dealkylation sites (tertiary alicyclic amines) is 1. The lowest BCUT2D eigenvalue weighted by Crippen LogP contribution is -2.40. The number of amides is 1. The van der Waals surface area contributed by atoms with Gasteiger partial charge in [-0.1, -0.05) is 43.7 Å². The van der Waals surface area contributed by atoms with E-state index in [1.807, 2.05) is 31.2 Å². The Balaban J connectivity index is 1.44. The van der Waals surface area contributed by atoms with Gasteiger partial charge < -0.3 is 14.6 Å². The summed E-state index contributed by atoms with van der Waals surface area (Å²) in [5.74, 6) is 1.31. The zero-order valence-corrected chi connectivity index (χ0v) is 19.6. The molecule has 0 aliphatic carbocycles. The van der Waals surface area contributed by atoms with E-state index in [2.05, 4.69) is 24.1 Å². The van der Waals surface area contributed by atoms with Crippen LogP contribution in [0.3, 0.4) is 0 Å². The first-order valence-corrected chi connectivity index (χ1v) is 12.9. The van der Waals surface area contributed by atoms with Crippen LogP contribution in [0.5, 0.6) is 0 Å². The maximum absolute atomic E-state index is 12.5. The van der Waals surface area contributed by atoms with Gasteiger partial charge in [0.2, 0.25) is 0 Å². The third-order valence-corrected chi connectivity index (χ3v) is 7.13. The zero-order chi connectivity index (χ0) is 22.4. The summed E-state index contributed by atoms with van der Waals surface area (Å²) in [5.41, 5.74) is 1.83. The second kappa shape index (κ2) is 10.5. The van der Waals surface area contributed by atoms with E-state index < -0.39 is 9.84 Å². The molecule has 170 valence electrons. The maximum Gasteiger partial charge on any atom is 0.286 e.